The van der Waals surface area contributed by atoms with Gasteiger partial charge < -0.3 is 5.32 Å². The van der Waals surface area contributed by atoms with Crippen molar-refractivity contribution in [1.29, 1.82) is 0 Å². The lowest BCUT2D eigenvalue weighted by atomic mass is 10.2. The van der Waals surface area contributed by atoms with E-state index in [0.29, 0.717) is 16.7 Å². The number of hydrogen-bond donors (Lipinski definition) is 1. The minimum atomic E-state index is -0.615. The third-order valence-corrected chi connectivity index (χ3v) is 1.98. The second kappa shape index (κ2) is 3.21. The van der Waals surface area contributed by atoms with Gasteiger partial charge in [-0.2, -0.15) is 0 Å². The summed E-state index contributed by atoms with van der Waals surface area (Å²) in [6.45, 7) is 0. The first-order chi connectivity index (χ1) is 6.70. The molecule has 2 rings (SSSR count). The lowest BCUT2D eigenvalue weighted by Gasteiger charge is -2.02. The molecule has 0 aliphatic heterocycles. The van der Waals surface area contributed by atoms with Crippen LogP contribution >= 0.6 is 0 Å². The van der Waals surface area contributed by atoms with E-state index < -0.39 is 11.6 Å². The van der Waals surface area contributed by atoms with Gasteiger partial charge in [0.15, 0.2) is 0 Å². The van der Waals surface area contributed by atoms with Gasteiger partial charge in [0.05, 0.1) is 5.52 Å². The average molecular weight is 194 g/mol. The molecule has 2 nitrogen and oxygen atoms in total. The second-order valence-corrected chi connectivity index (χ2v) is 2.90. The van der Waals surface area contributed by atoms with E-state index in [1.807, 2.05) is 0 Å². The van der Waals surface area contributed by atoms with Crippen molar-refractivity contribution in [3.8, 4) is 0 Å². The molecule has 14 heavy (non-hydrogen) atoms. The van der Waals surface area contributed by atoms with Crippen LogP contribution in [-0.4, -0.2) is 12.0 Å². The maximum Gasteiger partial charge on any atom is 0.135 e. The van der Waals surface area contributed by atoms with E-state index in [1.165, 1.54) is 6.07 Å². The summed E-state index contributed by atoms with van der Waals surface area (Å²) in [5.41, 5.74) is 0.314. The topological polar surface area (TPSA) is 24.9 Å². The number of aromatic nitrogens is 1. The quantitative estimate of drug-likeness (QED) is 0.754. The van der Waals surface area contributed by atoms with Gasteiger partial charge in [0.1, 0.15) is 17.5 Å². The van der Waals surface area contributed by atoms with Crippen molar-refractivity contribution in [3.63, 3.8) is 0 Å². The van der Waals surface area contributed by atoms with Gasteiger partial charge in [-0.15, -0.1) is 0 Å². The van der Waals surface area contributed by atoms with Crippen LogP contribution in [0, 0.1) is 11.6 Å². The summed E-state index contributed by atoms with van der Waals surface area (Å²) in [5, 5.41) is 3.13. The first-order valence-corrected chi connectivity index (χ1v) is 4.14. The van der Waals surface area contributed by atoms with Gasteiger partial charge in [0, 0.05) is 24.6 Å². The molecule has 1 N–H and O–H groups in total. The van der Waals surface area contributed by atoms with E-state index >= 15 is 0 Å². The summed E-state index contributed by atoms with van der Waals surface area (Å²) < 4.78 is 26.0. The van der Waals surface area contributed by atoms with Crippen LogP contribution in [-0.2, 0) is 0 Å². The zero-order chi connectivity index (χ0) is 10.1. The molecular formula is C10H8F2N2. The van der Waals surface area contributed by atoms with E-state index in [2.05, 4.69) is 10.3 Å². The first-order valence-electron chi connectivity index (χ1n) is 4.14. The fourth-order valence-electron chi connectivity index (χ4n) is 1.30. The minimum absolute atomic E-state index is 0.314. The van der Waals surface area contributed by atoms with E-state index in [0.717, 1.165) is 6.07 Å². The van der Waals surface area contributed by atoms with Gasteiger partial charge in [-0.25, -0.2) is 13.8 Å². The smallest absolute Gasteiger partial charge is 0.135 e. The Labute approximate surface area is 79.6 Å². The van der Waals surface area contributed by atoms with Crippen molar-refractivity contribution >= 4 is 16.7 Å². The molecule has 4 heteroatoms. The number of nitrogens with one attached hydrogen (secondary N) is 1. The normalized spacial score (nSPS) is 10.5. The molecule has 0 aliphatic carbocycles. The molecule has 1 aromatic heterocycles. The molecule has 0 unspecified atom stereocenters. The molecule has 0 bridgehead atoms. The minimum Gasteiger partial charge on any atom is -0.373 e. The predicted octanol–water partition coefficient (Wildman–Crippen LogP) is 2.55. The van der Waals surface area contributed by atoms with Crippen LogP contribution in [0.1, 0.15) is 0 Å². The van der Waals surface area contributed by atoms with Crippen LogP contribution in [0.4, 0.5) is 14.6 Å². The Morgan fingerprint density at radius 3 is 2.71 bits per heavy atom. The number of halogens is 2. The summed E-state index contributed by atoms with van der Waals surface area (Å²) in [7, 11) is 1.70. The number of pyridine rings is 1. The Kier molecular flexibility index (Phi) is 2.04. The van der Waals surface area contributed by atoms with Crippen LogP contribution in [0.5, 0.6) is 0 Å². The summed E-state index contributed by atoms with van der Waals surface area (Å²) in [6, 6.07) is 5.27. The van der Waals surface area contributed by atoms with Crippen molar-refractivity contribution in [2.24, 2.45) is 0 Å². The van der Waals surface area contributed by atoms with Gasteiger partial charge >= 0.3 is 0 Å². The Balaban J connectivity index is 2.75. The Morgan fingerprint density at radius 2 is 2.00 bits per heavy atom. The monoisotopic (exact) mass is 194 g/mol. The first kappa shape index (κ1) is 8.87. The second-order valence-electron chi connectivity index (χ2n) is 2.90. The number of hydrogen-bond acceptors (Lipinski definition) is 2. The highest BCUT2D eigenvalue weighted by Gasteiger charge is 2.05. The van der Waals surface area contributed by atoms with Crippen LogP contribution < -0.4 is 5.32 Å². The van der Waals surface area contributed by atoms with Gasteiger partial charge in [-0.3, -0.25) is 0 Å². The predicted molar refractivity (Wildman–Crippen MR) is 51.2 cm³/mol. The molecule has 0 saturated carbocycles. The highest BCUT2D eigenvalue weighted by atomic mass is 19.1. The van der Waals surface area contributed by atoms with Crippen molar-refractivity contribution < 1.29 is 8.78 Å². The van der Waals surface area contributed by atoms with Crippen molar-refractivity contribution in [2.75, 3.05) is 12.4 Å². The molecule has 2 aromatic rings. The Morgan fingerprint density at radius 1 is 1.21 bits per heavy atom. The summed E-state index contributed by atoms with van der Waals surface area (Å²) in [5.74, 6) is -0.617. The molecule has 0 amide bonds. The van der Waals surface area contributed by atoms with Crippen molar-refractivity contribution in [1.82, 2.24) is 4.98 Å². The fourth-order valence-corrected chi connectivity index (χ4v) is 1.30. The molecule has 0 saturated heterocycles. The van der Waals surface area contributed by atoms with Crippen LogP contribution in [0.3, 0.4) is 0 Å². The molecule has 0 atom stereocenters. The zero-order valence-electron chi connectivity index (χ0n) is 7.51. The third kappa shape index (κ3) is 1.39. The maximum absolute atomic E-state index is 13.2. The van der Waals surface area contributed by atoms with Gasteiger partial charge in [0.2, 0.25) is 0 Å². The number of rotatable bonds is 1. The van der Waals surface area contributed by atoms with Crippen molar-refractivity contribution in [3.05, 3.63) is 35.9 Å². The summed E-state index contributed by atoms with van der Waals surface area (Å²) in [6.07, 6.45) is 0. The largest absolute Gasteiger partial charge is 0.373 e. The van der Waals surface area contributed by atoms with Gasteiger partial charge in [-0.05, 0) is 12.1 Å². The number of nitrogens with zero attached hydrogens (tertiary/aromatic N) is 1. The number of fused-ring (bicyclic) bond motifs is 1. The van der Waals surface area contributed by atoms with Gasteiger partial charge in [-0.1, -0.05) is 0 Å². The Bertz CT molecular complexity index is 483. The SMILES string of the molecule is CNc1ccc2c(F)cc(F)cc2n1. The standard InChI is InChI=1S/C10H8F2N2/c1-13-10-3-2-7-8(12)4-6(11)5-9(7)14-10/h2-5H,1H3,(H,13,14). The molecule has 1 aromatic carbocycles. The molecule has 0 radical (unpaired) electrons. The summed E-state index contributed by atoms with van der Waals surface area (Å²) in [4.78, 5) is 4.02. The number of anilines is 1. The average Bonchev–Trinajstić information content (AvgIpc) is 2.16. The lowest BCUT2D eigenvalue weighted by Crippen LogP contribution is -1.93. The third-order valence-electron chi connectivity index (χ3n) is 1.98. The van der Waals surface area contributed by atoms with Crippen LogP contribution in [0.25, 0.3) is 10.9 Å². The summed E-state index contributed by atoms with van der Waals surface area (Å²) >= 11 is 0. The fraction of sp³-hybridized carbons (Fsp3) is 0.100. The maximum atomic E-state index is 13.2. The molecule has 0 fully saturated rings. The van der Waals surface area contributed by atoms with E-state index in [9.17, 15) is 8.78 Å². The lowest BCUT2D eigenvalue weighted by molar-refractivity contribution is 0.591. The highest BCUT2D eigenvalue weighted by molar-refractivity contribution is 5.80. The Hall–Kier alpha value is -1.71. The number of benzene rings is 1. The molecular weight excluding hydrogens is 186 g/mol. The molecule has 1 heterocycles. The van der Waals surface area contributed by atoms with Crippen LogP contribution in [0.2, 0.25) is 0 Å². The highest BCUT2D eigenvalue weighted by Crippen LogP contribution is 2.19. The molecule has 72 valence electrons. The molecule has 0 spiro atoms. The molecule has 0 aliphatic rings. The van der Waals surface area contributed by atoms with E-state index in [4.69, 9.17) is 0 Å². The van der Waals surface area contributed by atoms with Gasteiger partial charge in [0.25, 0.3) is 0 Å². The van der Waals surface area contributed by atoms with E-state index in [-0.39, 0.29) is 0 Å². The zero-order valence-corrected chi connectivity index (χ0v) is 7.51. The van der Waals surface area contributed by atoms with E-state index in [1.54, 1.807) is 19.2 Å². The van der Waals surface area contributed by atoms with Crippen molar-refractivity contribution in [2.45, 2.75) is 0 Å². The van der Waals surface area contributed by atoms with Crippen LogP contribution in [0.15, 0.2) is 24.3 Å².